The molecule has 15 heavy (non-hydrogen) atoms. The zero-order valence-electron chi connectivity index (χ0n) is 8.02. The van der Waals surface area contributed by atoms with Gasteiger partial charge in [0.15, 0.2) is 5.78 Å². The van der Waals surface area contributed by atoms with Gasteiger partial charge >= 0.3 is 0 Å². The maximum Gasteiger partial charge on any atom is 0.160 e. The van der Waals surface area contributed by atoms with Gasteiger partial charge in [0.25, 0.3) is 0 Å². The molecule has 0 radical (unpaired) electrons. The molecule has 0 saturated carbocycles. The first-order valence-corrected chi connectivity index (χ1v) is 4.94. The molecule has 0 aromatic heterocycles. The number of aliphatic hydroxyl groups is 4. The van der Waals surface area contributed by atoms with E-state index >= 15 is 0 Å². The molecule has 4 N–H and O–H groups in total. The van der Waals surface area contributed by atoms with Crippen molar-refractivity contribution in [2.45, 2.75) is 42.9 Å². The Morgan fingerprint density at radius 1 is 1.27 bits per heavy atom. The fraction of sp³-hybridized carbons (Fsp3) is 0.875. The molecule has 0 aliphatic carbocycles. The SMILES string of the molecule is CC(=O)C(O)[C@H]1O[C@H](S)[C@H](O)[C@@H](O)[C@@H]1O. The molecule has 1 saturated heterocycles. The molecule has 88 valence electrons. The lowest BCUT2D eigenvalue weighted by molar-refractivity contribution is -0.219. The Balaban J connectivity index is 2.78. The molecule has 6 nitrogen and oxygen atoms in total. The number of carbonyl (C=O) groups is 1. The zero-order chi connectivity index (χ0) is 11.7. The summed E-state index contributed by atoms with van der Waals surface area (Å²) in [4.78, 5) is 10.9. The predicted molar refractivity (Wildman–Crippen MR) is 52.4 cm³/mol. The molecule has 0 amide bonds. The summed E-state index contributed by atoms with van der Waals surface area (Å²) in [5, 5.41) is 37.5. The molecular weight excluding hydrogens is 224 g/mol. The van der Waals surface area contributed by atoms with Gasteiger partial charge in [0.1, 0.15) is 36.0 Å². The van der Waals surface area contributed by atoms with Crippen LogP contribution in [0.1, 0.15) is 6.92 Å². The van der Waals surface area contributed by atoms with E-state index in [1.165, 1.54) is 0 Å². The van der Waals surface area contributed by atoms with E-state index in [1.54, 1.807) is 0 Å². The average Bonchev–Trinajstić information content (AvgIpc) is 2.19. The van der Waals surface area contributed by atoms with E-state index < -0.39 is 41.7 Å². The number of thiol groups is 1. The van der Waals surface area contributed by atoms with Crippen LogP contribution >= 0.6 is 12.6 Å². The number of Topliss-reactive ketones (excluding diaryl/α,β-unsaturated/α-hetero) is 1. The average molecular weight is 238 g/mol. The molecule has 6 atom stereocenters. The number of aliphatic hydroxyl groups excluding tert-OH is 4. The molecule has 1 unspecified atom stereocenters. The van der Waals surface area contributed by atoms with Gasteiger partial charge in [0, 0.05) is 0 Å². The van der Waals surface area contributed by atoms with Crippen LogP contribution in [-0.2, 0) is 9.53 Å². The van der Waals surface area contributed by atoms with Crippen LogP contribution in [0, 0.1) is 0 Å². The minimum Gasteiger partial charge on any atom is -0.387 e. The topological polar surface area (TPSA) is 107 Å². The number of hydrogen-bond acceptors (Lipinski definition) is 7. The van der Waals surface area contributed by atoms with Gasteiger partial charge in [0.05, 0.1) is 0 Å². The first kappa shape index (κ1) is 12.9. The van der Waals surface area contributed by atoms with Gasteiger partial charge in [-0.15, -0.1) is 12.6 Å². The van der Waals surface area contributed by atoms with Gasteiger partial charge in [-0.2, -0.15) is 0 Å². The lowest BCUT2D eigenvalue weighted by Crippen LogP contribution is -2.60. The minimum atomic E-state index is -1.54. The number of rotatable bonds is 2. The molecule has 0 bridgehead atoms. The second-order valence-electron chi connectivity index (χ2n) is 3.52. The number of hydrogen-bond donors (Lipinski definition) is 5. The van der Waals surface area contributed by atoms with Crippen molar-refractivity contribution in [3.05, 3.63) is 0 Å². The second kappa shape index (κ2) is 4.77. The first-order chi connectivity index (χ1) is 6.86. The van der Waals surface area contributed by atoms with Crippen LogP contribution in [-0.4, -0.2) is 62.2 Å². The highest BCUT2D eigenvalue weighted by Gasteiger charge is 2.46. The monoisotopic (exact) mass is 238 g/mol. The number of ketones is 1. The lowest BCUT2D eigenvalue weighted by Gasteiger charge is -2.40. The Hall–Kier alpha value is -0.180. The highest BCUT2D eigenvalue weighted by molar-refractivity contribution is 7.80. The van der Waals surface area contributed by atoms with Gasteiger partial charge in [0.2, 0.25) is 0 Å². The second-order valence-corrected chi connectivity index (χ2v) is 4.03. The quantitative estimate of drug-likeness (QED) is 0.346. The van der Waals surface area contributed by atoms with Crippen LogP contribution in [0.15, 0.2) is 0 Å². The van der Waals surface area contributed by atoms with Crippen molar-refractivity contribution in [2.24, 2.45) is 0 Å². The van der Waals surface area contributed by atoms with Gasteiger partial charge in [-0.3, -0.25) is 4.79 Å². The molecule has 0 aromatic carbocycles. The summed E-state index contributed by atoms with van der Waals surface area (Å²) in [6.45, 7) is 1.13. The maximum atomic E-state index is 10.9. The summed E-state index contributed by atoms with van der Waals surface area (Å²) in [5.74, 6) is -0.594. The molecule has 1 heterocycles. The maximum absolute atomic E-state index is 10.9. The van der Waals surface area contributed by atoms with Crippen molar-refractivity contribution >= 4 is 18.4 Å². The third-order valence-electron chi connectivity index (χ3n) is 2.35. The molecule has 1 rings (SSSR count). The standard InChI is InChI=1S/C8H14O6S/c1-2(9)3(10)7-5(12)4(11)6(13)8(15)14-7/h3-8,10-13,15H,1H3/t3?,4-,5-,6+,7+,8+/m0/s1. The molecule has 1 aliphatic heterocycles. The van der Waals surface area contributed by atoms with E-state index in [2.05, 4.69) is 12.6 Å². The van der Waals surface area contributed by atoms with Gasteiger partial charge in [-0.25, -0.2) is 0 Å². The minimum absolute atomic E-state index is 0.594. The summed E-state index contributed by atoms with van der Waals surface area (Å²) in [6, 6.07) is 0. The first-order valence-electron chi connectivity index (χ1n) is 4.42. The molecule has 7 heteroatoms. The van der Waals surface area contributed by atoms with E-state index in [0.717, 1.165) is 6.92 Å². The summed E-state index contributed by atoms with van der Waals surface area (Å²) in [5.41, 5.74) is -1.05. The fourth-order valence-corrected chi connectivity index (χ4v) is 1.70. The third kappa shape index (κ3) is 2.49. The van der Waals surface area contributed by atoms with Crippen molar-refractivity contribution in [3.8, 4) is 0 Å². The van der Waals surface area contributed by atoms with Gasteiger partial charge in [-0.05, 0) is 6.92 Å². The smallest absolute Gasteiger partial charge is 0.160 e. The van der Waals surface area contributed by atoms with Crippen LogP contribution in [0.25, 0.3) is 0 Å². The van der Waals surface area contributed by atoms with Crippen LogP contribution in [0.5, 0.6) is 0 Å². The Kier molecular flexibility index (Phi) is 4.10. The van der Waals surface area contributed by atoms with Crippen LogP contribution in [0.3, 0.4) is 0 Å². The van der Waals surface area contributed by atoms with Crippen molar-refractivity contribution in [2.75, 3.05) is 0 Å². The zero-order valence-corrected chi connectivity index (χ0v) is 8.91. The van der Waals surface area contributed by atoms with Crippen LogP contribution in [0.2, 0.25) is 0 Å². The van der Waals surface area contributed by atoms with Crippen molar-refractivity contribution in [1.29, 1.82) is 0 Å². The largest absolute Gasteiger partial charge is 0.387 e. The van der Waals surface area contributed by atoms with Crippen molar-refractivity contribution in [3.63, 3.8) is 0 Å². The Morgan fingerprint density at radius 3 is 2.27 bits per heavy atom. The highest BCUT2D eigenvalue weighted by atomic mass is 32.1. The van der Waals surface area contributed by atoms with Gasteiger partial charge < -0.3 is 25.2 Å². The van der Waals surface area contributed by atoms with Crippen molar-refractivity contribution in [1.82, 2.24) is 0 Å². The molecule has 0 aromatic rings. The summed E-state index contributed by atoms with van der Waals surface area (Å²) < 4.78 is 4.94. The van der Waals surface area contributed by atoms with E-state index in [9.17, 15) is 25.2 Å². The molecule has 1 fully saturated rings. The lowest BCUT2D eigenvalue weighted by atomic mass is 9.95. The van der Waals surface area contributed by atoms with E-state index in [0.29, 0.717) is 0 Å². The van der Waals surface area contributed by atoms with E-state index in [-0.39, 0.29) is 0 Å². The normalized spacial score (nSPS) is 43.7. The van der Waals surface area contributed by atoms with Crippen LogP contribution < -0.4 is 0 Å². The fourth-order valence-electron chi connectivity index (χ4n) is 1.38. The van der Waals surface area contributed by atoms with Crippen LogP contribution in [0.4, 0.5) is 0 Å². The summed E-state index contributed by atoms with van der Waals surface area (Å²) >= 11 is 3.81. The van der Waals surface area contributed by atoms with Crippen molar-refractivity contribution < 1.29 is 30.0 Å². The Labute approximate surface area is 91.9 Å². The predicted octanol–water partition coefficient (Wildman–Crippen LogP) is -2.33. The highest BCUT2D eigenvalue weighted by Crippen LogP contribution is 2.25. The number of ether oxygens (including phenoxy) is 1. The molecular formula is C8H14O6S. The molecule has 1 aliphatic rings. The Bertz CT molecular complexity index is 247. The summed E-state index contributed by atoms with van der Waals surface area (Å²) in [6.07, 6.45) is -7.21. The number of carbonyl (C=O) groups excluding carboxylic acids is 1. The Morgan fingerprint density at radius 2 is 1.80 bits per heavy atom. The third-order valence-corrected chi connectivity index (χ3v) is 2.78. The molecule has 0 spiro atoms. The van der Waals surface area contributed by atoms with Gasteiger partial charge in [-0.1, -0.05) is 0 Å². The van der Waals surface area contributed by atoms with E-state index in [1.807, 2.05) is 0 Å². The van der Waals surface area contributed by atoms with E-state index in [4.69, 9.17) is 4.74 Å². The summed E-state index contributed by atoms with van der Waals surface area (Å²) in [7, 11) is 0.